The highest BCUT2D eigenvalue weighted by Crippen LogP contribution is 2.42. The molecular weight excluding hydrogens is 414 g/mol. The summed E-state index contributed by atoms with van der Waals surface area (Å²) in [5.41, 5.74) is 8.48. The second-order valence-corrected chi connectivity index (χ2v) is 9.24. The minimum absolute atomic E-state index is 0.276. The summed E-state index contributed by atoms with van der Waals surface area (Å²) in [5.74, 6) is 0. The summed E-state index contributed by atoms with van der Waals surface area (Å²) in [4.78, 5) is 26.5. The first-order chi connectivity index (χ1) is 15.7. The summed E-state index contributed by atoms with van der Waals surface area (Å²) in [7, 11) is 3.28. The van der Waals surface area contributed by atoms with Crippen LogP contribution in [0.5, 0.6) is 0 Å². The molecule has 170 valence electrons. The number of hydrogen-bond donors (Lipinski definition) is 0. The van der Waals surface area contributed by atoms with Crippen molar-refractivity contribution in [2.45, 2.75) is 40.3 Å². The van der Waals surface area contributed by atoms with Gasteiger partial charge in [0, 0.05) is 20.6 Å². The molecule has 4 aromatic rings. The lowest BCUT2D eigenvalue weighted by atomic mass is 9.93. The molecule has 6 nitrogen and oxygen atoms in total. The highest BCUT2D eigenvalue weighted by Gasteiger charge is 2.34. The van der Waals surface area contributed by atoms with Gasteiger partial charge in [0.2, 0.25) is 0 Å². The molecule has 6 heteroatoms. The molecule has 1 aliphatic rings. The van der Waals surface area contributed by atoms with Crippen LogP contribution in [0, 0.1) is 27.7 Å². The first-order valence-electron chi connectivity index (χ1n) is 11.3. The monoisotopic (exact) mass is 443 g/mol. The summed E-state index contributed by atoms with van der Waals surface area (Å²) in [5, 5.41) is 0.566. The van der Waals surface area contributed by atoms with E-state index in [4.69, 9.17) is 4.74 Å². The molecule has 0 saturated carbocycles. The molecule has 0 N–H and O–H groups in total. The maximum Gasteiger partial charge on any atom is 0.331 e. The lowest BCUT2D eigenvalue weighted by molar-refractivity contribution is 0.0471. The molecule has 33 heavy (non-hydrogen) atoms. The lowest BCUT2D eigenvalue weighted by Crippen LogP contribution is -2.37. The second-order valence-electron chi connectivity index (χ2n) is 9.24. The van der Waals surface area contributed by atoms with Crippen LogP contribution in [0.3, 0.4) is 0 Å². The molecule has 1 atom stereocenters. The number of benzene rings is 2. The lowest BCUT2D eigenvalue weighted by Gasteiger charge is -2.30. The minimum atomic E-state index is -0.362. The van der Waals surface area contributed by atoms with Crippen molar-refractivity contribution in [3.63, 3.8) is 0 Å². The maximum absolute atomic E-state index is 13.5. The zero-order valence-electron chi connectivity index (χ0n) is 20.0. The van der Waals surface area contributed by atoms with Gasteiger partial charge in [-0.25, -0.2) is 4.79 Å². The van der Waals surface area contributed by atoms with Crippen molar-refractivity contribution < 1.29 is 4.74 Å². The van der Waals surface area contributed by atoms with E-state index in [9.17, 15) is 9.59 Å². The normalized spacial score (nSPS) is 15.8. The smallest absolute Gasteiger partial charge is 0.331 e. The van der Waals surface area contributed by atoms with Crippen LogP contribution in [0.4, 0.5) is 0 Å². The zero-order valence-corrected chi connectivity index (χ0v) is 20.0. The quantitative estimate of drug-likeness (QED) is 0.470. The third-order valence-electron chi connectivity index (χ3n) is 6.88. The molecule has 1 aliphatic heterocycles. The highest BCUT2D eigenvalue weighted by atomic mass is 16.5. The van der Waals surface area contributed by atoms with Gasteiger partial charge in [-0.1, -0.05) is 47.5 Å². The van der Waals surface area contributed by atoms with E-state index >= 15 is 0 Å². The molecule has 2 aromatic heterocycles. The number of hydrogen-bond acceptors (Lipinski definition) is 3. The first kappa shape index (κ1) is 21.5. The van der Waals surface area contributed by atoms with Gasteiger partial charge in [0.1, 0.15) is 6.10 Å². The molecule has 0 bridgehead atoms. The van der Waals surface area contributed by atoms with Crippen LogP contribution in [0.2, 0.25) is 0 Å². The largest absolute Gasteiger partial charge is 0.365 e. The zero-order chi connectivity index (χ0) is 23.6. The van der Waals surface area contributed by atoms with Gasteiger partial charge >= 0.3 is 5.69 Å². The number of aryl methyl sites for hydroxylation is 5. The van der Waals surface area contributed by atoms with Gasteiger partial charge in [-0.05, 0) is 49.9 Å². The van der Waals surface area contributed by atoms with Gasteiger partial charge in [0.05, 0.1) is 28.9 Å². The van der Waals surface area contributed by atoms with Crippen molar-refractivity contribution >= 4 is 10.9 Å². The molecule has 5 rings (SSSR count). The molecule has 0 radical (unpaired) electrons. The molecule has 3 heterocycles. The van der Waals surface area contributed by atoms with Crippen molar-refractivity contribution in [1.82, 2.24) is 13.7 Å². The molecule has 2 aromatic carbocycles. The van der Waals surface area contributed by atoms with E-state index in [2.05, 4.69) is 61.7 Å². The van der Waals surface area contributed by atoms with Gasteiger partial charge in [-0.15, -0.1) is 0 Å². The van der Waals surface area contributed by atoms with Crippen molar-refractivity contribution in [2.24, 2.45) is 14.1 Å². The van der Waals surface area contributed by atoms with E-state index < -0.39 is 0 Å². The Hall–Kier alpha value is -3.38. The van der Waals surface area contributed by atoms with Gasteiger partial charge in [-0.2, -0.15) is 0 Å². The van der Waals surface area contributed by atoms with Crippen LogP contribution in [0.15, 0.2) is 46.0 Å². The second kappa shape index (κ2) is 7.59. The number of nitrogens with zero attached hydrogens (tertiary/aromatic N) is 3. The van der Waals surface area contributed by atoms with E-state index in [1.165, 1.54) is 10.1 Å². The number of aromatic nitrogens is 3. The fourth-order valence-corrected chi connectivity index (χ4v) is 5.42. The summed E-state index contributed by atoms with van der Waals surface area (Å²) >= 11 is 0. The fraction of sp³-hybridized carbons (Fsp3) is 0.333. The Morgan fingerprint density at radius 1 is 0.879 bits per heavy atom. The van der Waals surface area contributed by atoms with E-state index in [0.717, 1.165) is 39.2 Å². The molecule has 0 amide bonds. The van der Waals surface area contributed by atoms with E-state index in [1.807, 2.05) is 6.92 Å². The Bertz CT molecular complexity index is 1510. The van der Waals surface area contributed by atoms with Gasteiger partial charge in [0.15, 0.2) is 0 Å². The number of ether oxygens (including phenoxy) is 1. The summed E-state index contributed by atoms with van der Waals surface area (Å²) in [6.07, 6.45) is -0.362. The van der Waals surface area contributed by atoms with E-state index in [-0.39, 0.29) is 17.4 Å². The van der Waals surface area contributed by atoms with Gasteiger partial charge in [-0.3, -0.25) is 13.9 Å². The Morgan fingerprint density at radius 3 is 2.15 bits per heavy atom. The molecule has 0 fully saturated rings. The Morgan fingerprint density at radius 2 is 1.52 bits per heavy atom. The molecule has 0 unspecified atom stereocenters. The molecule has 0 aliphatic carbocycles. The third kappa shape index (κ3) is 3.12. The van der Waals surface area contributed by atoms with Crippen LogP contribution >= 0.6 is 0 Å². The fourth-order valence-electron chi connectivity index (χ4n) is 5.42. The predicted octanol–water partition coefficient (Wildman–Crippen LogP) is 4.06. The molecule has 0 spiro atoms. The summed E-state index contributed by atoms with van der Waals surface area (Å²) in [6.45, 7) is 9.48. The van der Waals surface area contributed by atoms with Gasteiger partial charge < -0.3 is 9.30 Å². The van der Waals surface area contributed by atoms with Crippen LogP contribution in [-0.2, 0) is 25.4 Å². The predicted molar refractivity (Wildman–Crippen MR) is 131 cm³/mol. The van der Waals surface area contributed by atoms with Crippen LogP contribution < -0.4 is 11.2 Å². The van der Waals surface area contributed by atoms with E-state index in [0.29, 0.717) is 24.1 Å². The average Bonchev–Trinajstić information content (AvgIpc) is 3.12. The van der Waals surface area contributed by atoms with Crippen LogP contribution in [-0.4, -0.2) is 20.3 Å². The molecular formula is C27H29N3O3. The summed E-state index contributed by atoms with van der Waals surface area (Å²) < 4.78 is 11.4. The van der Waals surface area contributed by atoms with Crippen LogP contribution in [0.1, 0.15) is 39.6 Å². The SMILES string of the molecule is Cc1ccc(-c2c3c(=O)n(C)c(=O)n(C)c3c3n2CCO[C@@H]3c2c(C)cc(C)cc2C)cc1. The van der Waals surface area contributed by atoms with Crippen molar-refractivity contribution in [3.8, 4) is 11.3 Å². The Kier molecular flexibility index (Phi) is 4.94. The summed E-state index contributed by atoms with van der Waals surface area (Å²) in [6, 6.07) is 12.5. The third-order valence-corrected chi connectivity index (χ3v) is 6.88. The van der Waals surface area contributed by atoms with Crippen molar-refractivity contribution in [2.75, 3.05) is 6.61 Å². The maximum atomic E-state index is 13.5. The Labute approximate surface area is 192 Å². The van der Waals surface area contributed by atoms with Gasteiger partial charge in [0.25, 0.3) is 5.56 Å². The minimum Gasteiger partial charge on any atom is -0.365 e. The standard InChI is InChI=1S/C27H29N3O3/c1-15-7-9-19(10-8-15)22-21-23(28(5)27(32)29(6)26(21)31)24-25(33-12-11-30(22)24)20-17(3)13-16(2)14-18(20)4/h7-10,13-14,25H,11-12H2,1-6H3/t25-/m1/s1. The number of rotatable bonds is 2. The Balaban J connectivity index is 1.96. The molecule has 0 saturated heterocycles. The first-order valence-corrected chi connectivity index (χ1v) is 11.3. The average molecular weight is 444 g/mol. The number of fused-ring (bicyclic) bond motifs is 3. The van der Waals surface area contributed by atoms with Crippen molar-refractivity contribution in [1.29, 1.82) is 0 Å². The van der Waals surface area contributed by atoms with Crippen molar-refractivity contribution in [3.05, 3.63) is 90.7 Å². The van der Waals surface area contributed by atoms with E-state index in [1.54, 1.807) is 18.7 Å². The topological polar surface area (TPSA) is 58.2 Å². The van der Waals surface area contributed by atoms with Crippen LogP contribution in [0.25, 0.3) is 22.2 Å². The highest BCUT2D eigenvalue weighted by molar-refractivity contribution is 5.96.